The molecule has 112 valence electrons. The molecule has 0 fully saturated rings. The van der Waals surface area contributed by atoms with Crippen molar-refractivity contribution in [3.63, 3.8) is 0 Å². The van der Waals surface area contributed by atoms with Crippen molar-refractivity contribution in [3.8, 4) is 0 Å². The van der Waals surface area contributed by atoms with Crippen LogP contribution in [0, 0.1) is 5.92 Å². The van der Waals surface area contributed by atoms with Gasteiger partial charge < -0.3 is 5.11 Å². The Morgan fingerprint density at radius 2 is 1.65 bits per heavy atom. The molecule has 0 rings (SSSR count). The van der Waals surface area contributed by atoms with Gasteiger partial charge in [0.15, 0.2) is 0 Å². The Bertz CT molecular complexity index is 364. The van der Waals surface area contributed by atoms with Crippen LogP contribution in [0.15, 0.2) is 36.5 Å². The first-order valence-corrected chi connectivity index (χ1v) is 7.31. The van der Waals surface area contributed by atoms with Crippen LogP contribution >= 0.6 is 0 Å². The summed E-state index contributed by atoms with van der Waals surface area (Å²) in [5.74, 6) is -2.33. The van der Waals surface area contributed by atoms with E-state index in [1.165, 1.54) is 0 Å². The zero-order chi connectivity index (χ0) is 15.2. The highest BCUT2D eigenvalue weighted by Crippen LogP contribution is 2.12. The molecule has 0 aromatic rings. The highest BCUT2D eigenvalue weighted by atomic mass is 16.4. The van der Waals surface area contributed by atoms with Crippen molar-refractivity contribution in [1.29, 1.82) is 0 Å². The highest BCUT2D eigenvalue weighted by Gasteiger charge is 2.19. The van der Waals surface area contributed by atoms with Crippen LogP contribution in [0.1, 0.15) is 52.4 Å². The molecule has 0 bridgehead atoms. The first-order valence-electron chi connectivity index (χ1n) is 7.31. The lowest BCUT2D eigenvalue weighted by Gasteiger charge is -2.06. The van der Waals surface area contributed by atoms with Gasteiger partial charge in [0.2, 0.25) is 5.78 Å². The second kappa shape index (κ2) is 12.4. The van der Waals surface area contributed by atoms with E-state index in [0.29, 0.717) is 6.42 Å². The van der Waals surface area contributed by atoms with Crippen molar-refractivity contribution in [2.45, 2.75) is 52.4 Å². The maximum absolute atomic E-state index is 11.1. The Morgan fingerprint density at radius 3 is 2.30 bits per heavy atom. The molecule has 3 heteroatoms. The molecule has 0 saturated heterocycles. The standard InChI is InChI=1S/C17H26O3/c1-3-4-5-6-7-8-9-10-11-12-13-14-15(2)16(18)17(19)20/h3-8,15H,9-14H2,1-2H3,(H,19,20)/b4-3+,6-5+,8-7+. The van der Waals surface area contributed by atoms with Gasteiger partial charge in [-0.2, -0.15) is 0 Å². The number of unbranched alkanes of at least 4 members (excludes halogenated alkanes) is 4. The number of allylic oxidation sites excluding steroid dienone is 6. The number of carboxylic acid groups (broad SMARTS) is 1. The number of aliphatic carboxylic acids is 1. The summed E-state index contributed by atoms with van der Waals surface area (Å²) >= 11 is 0. The van der Waals surface area contributed by atoms with Gasteiger partial charge in [-0.1, -0.05) is 62.6 Å². The Labute approximate surface area is 122 Å². The SMILES string of the molecule is C/C=C/C=C/C=C/CCCCCCC(C)C(=O)C(=O)O. The Balaban J connectivity index is 3.49. The normalized spacial score (nSPS) is 13.5. The molecule has 0 aliphatic carbocycles. The van der Waals surface area contributed by atoms with Gasteiger partial charge in [0, 0.05) is 5.92 Å². The molecule has 1 unspecified atom stereocenters. The van der Waals surface area contributed by atoms with Crippen LogP contribution < -0.4 is 0 Å². The molecule has 0 spiro atoms. The number of hydrogen-bond donors (Lipinski definition) is 1. The van der Waals surface area contributed by atoms with E-state index in [0.717, 1.165) is 32.1 Å². The van der Waals surface area contributed by atoms with Gasteiger partial charge in [-0.15, -0.1) is 0 Å². The minimum atomic E-state index is -1.31. The van der Waals surface area contributed by atoms with Crippen LogP contribution in [0.5, 0.6) is 0 Å². The van der Waals surface area contributed by atoms with Gasteiger partial charge in [0.25, 0.3) is 0 Å². The fourth-order valence-corrected chi connectivity index (χ4v) is 1.82. The first kappa shape index (κ1) is 18.4. The van der Waals surface area contributed by atoms with E-state index >= 15 is 0 Å². The van der Waals surface area contributed by atoms with Gasteiger partial charge in [-0.05, 0) is 26.2 Å². The molecule has 0 aliphatic heterocycles. The molecular formula is C17H26O3. The Hall–Kier alpha value is -1.64. The van der Waals surface area contributed by atoms with Gasteiger partial charge in [0.1, 0.15) is 0 Å². The minimum absolute atomic E-state index is 0.357. The summed E-state index contributed by atoms with van der Waals surface area (Å²) in [6, 6.07) is 0. The zero-order valence-corrected chi connectivity index (χ0v) is 12.5. The largest absolute Gasteiger partial charge is 0.475 e. The first-order chi connectivity index (χ1) is 9.59. The third-order valence-electron chi connectivity index (χ3n) is 3.08. The van der Waals surface area contributed by atoms with E-state index in [-0.39, 0.29) is 5.92 Å². The Kier molecular flexibility index (Phi) is 11.4. The van der Waals surface area contributed by atoms with Crippen LogP contribution in [0.3, 0.4) is 0 Å². The molecular weight excluding hydrogens is 252 g/mol. The van der Waals surface area contributed by atoms with E-state index in [4.69, 9.17) is 5.11 Å². The molecule has 0 aromatic carbocycles. The predicted octanol–water partition coefficient (Wildman–Crippen LogP) is 4.31. The lowest BCUT2D eigenvalue weighted by atomic mass is 9.98. The summed E-state index contributed by atoms with van der Waals surface area (Å²) in [6.07, 6.45) is 18.2. The van der Waals surface area contributed by atoms with Crippen molar-refractivity contribution in [2.75, 3.05) is 0 Å². The van der Waals surface area contributed by atoms with E-state index in [1.54, 1.807) is 6.92 Å². The summed E-state index contributed by atoms with van der Waals surface area (Å²) in [7, 11) is 0. The Morgan fingerprint density at radius 1 is 1.00 bits per heavy atom. The average Bonchev–Trinajstić information content (AvgIpc) is 2.43. The molecule has 0 amide bonds. The van der Waals surface area contributed by atoms with Gasteiger partial charge in [-0.25, -0.2) is 4.79 Å². The lowest BCUT2D eigenvalue weighted by Crippen LogP contribution is -2.20. The van der Waals surface area contributed by atoms with Crippen molar-refractivity contribution in [1.82, 2.24) is 0 Å². The van der Waals surface area contributed by atoms with Gasteiger partial charge >= 0.3 is 5.97 Å². The van der Waals surface area contributed by atoms with Crippen molar-refractivity contribution in [2.24, 2.45) is 5.92 Å². The summed E-state index contributed by atoms with van der Waals surface area (Å²) in [6.45, 7) is 3.68. The van der Waals surface area contributed by atoms with Crippen LogP contribution in [0.25, 0.3) is 0 Å². The maximum Gasteiger partial charge on any atom is 0.372 e. The molecule has 0 saturated carbocycles. The minimum Gasteiger partial charge on any atom is -0.475 e. The fourth-order valence-electron chi connectivity index (χ4n) is 1.82. The van der Waals surface area contributed by atoms with Crippen LogP contribution in [0.2, 0.25) is 0 Å². The van der Waals surface area contributed by atoms with Crippen LogP contribution in [0.4, 0.5) is 0 Å². The molecule has 1 atom stereocenters. The number of carboxylic acids is 1. The molecule has 20 heavy (non-hydrogen) atoms. The molecule has 0 heterocycles. The predicted molar refractivity (Wildman–Crippen MR) is 82.6 cm³/mol. The molecule has 0 aromatic heterocycles. The molecule has 0 radical (unpaired) electrons. The zero-order valence-electron chi connectivity index (χ0n) is 12.5. The van der Waals surface area contributed by atoms with E-state index in [9.17, 15) is 9.59 Å². The third kappa shape index (κ3) is 10.3. The summed E-state index contributed by atoms with van der Waals surface area (Å²) in [4.78, 5) is 21.6. The number of Topliss-reactive ketones (excluding diaryl/α,β-unsaturated/α-hetero) is 1. The smallest absolute Gasteiger partial charge is 0.372 e. The van der Waals surface area contributed by atoms with E-state index < -0.39 is 11.8 Å². The van der Waals surface area contributed by atoms with Crippen molar-refractivity contribution >= 4 is 11.8 Å². The molecule has 3 nitrogen and oxygen atoms in total. The summed E-state index contributed by atoms with van der Waals surface area (Å²) < 4.78 is 0. The number of carbonyl (C=O) groups excluding carboxylic acids is 1. The van der Waals surface area contributed by atoms with Crippen LogP contribution in [-0.2, 0) is 9.59 Å². The second-order valence-corrected chi connectivity index (χ2v) is 4.90. The maximum atomic E-state index is 11.1. The number of ketones is 1. The number of carbonyl (C=O) groups is 2. The fraction of sp³-hybridized carbons (Fsp3) is 0.529. The van der Waals surface area contributed by atoms with Gasteiger partial charge in [0.05, 0.1) is 0 Å². The van der Waals surface area contributed by atoms with Crippen molar-refractivity contribution < 1.29 is 14.7 Å². The highest BCUT2D eigenvalue weighted by molar-refractivity contribution is 6.33. The van der Waals surface area contributed by atoms with Crippen molar-refractivity contribution in [3.05, 3.63) is 36.5 Å². The molecule has 1 N–H and O–H groups in total. The average molecular weight is 278 g/mol. The topological polar surface area (TPSA) is 54.4 Å². The van der Waals surface area contributed by atoms with E-state index in [2.05, 4.69) is 6.08 Å². The lowest BCUT2D eigenvalue weighted by molar-refractivity contribution is -0.150. The number of hydrogen-bond acceptors (Lipinski definition) is 2. The number of rotatable bonds is 11. The van der Waals surface area contributed by atoms with E-state index in [1.807, 2.05) is 37.3 Å². The third-order valence-corrected chi connectivity index (χ3v) is 3.08. The molecule has 0 aliphatic rings. The monoisotopic (exact) mass is 278 g/mol. The van der Waals surface area contributed by atoms with Gasteiger partial charge in [-0.3, -0.25) is 4.79 Å². The van der Waals surface area contributed by atoms with Crippen LogP contribution in [-0.4, -0.2) is 16.9 Å². The quantitative estimate of drug-likeness (QED) is 0.348. The summed E-state index contributed by atoms with van der Waals surface area (Å²) in [5.41, 5.74) is 0. The summed E-state index contributed by atoms with van der Waals surface area (Å²) in [5, 5.41) is 8.56. The second-order valence-electron chi connectivity index (χ2n) is 4.90.